The van der Waals surface area contributed by atoms with E-state index in [-0.39, 0.29) is 24.0 Å². The molecule has 0 aliphatic carbocycles. The molecule has 2 N–H and O–H groups in total. The maximum absolute atomic E-state index is 15.0. The van der Waals surface area contributed by atoms with Crippen molar-refractivity contribution in [3.05, 3.63) is 87.3 Å². The molecule has 2 amide bonds. The average molecular weight is 669 g/mol. The summed E-state index contributed by atoms with van der Waals surface area (Å²) in [6, 6.07) is 14.8. The molecular formula is C35H43Cl2N5O4. The SMILES string of the molecule is CCOc1nc(C(C)(C)C)ncc1C1=NC(C)(c2ccc(Cl)cc2)C(C)(c2ccc(Cl)cc2)N1C(=O)N1CCC(C(O)CO)CC1. The largest absolute Gasteiger partial charge is 0.477 e. The van der Waals surface area contributed by atoms with E-state index in [2.05, 4.69) is 0 Å². The molecular weight excluding hydrogens is 625 g/mol. The highest BCUT2D eigenvalue weighted by atomic mass is 35.5. The smallest absolute Gasteiger partial charge is 0.326 e. The topological polar surface area (TPSA) is 111 Å². The van der Waals surface area contributed by atoms with E-state index in [4.69, 9.17) is 42.9 Å². The molecule has 5 rings (SSSR count). The maximum atomic E-state index is 15.0. The summed E-state index contributed by atoms with van der Waals surface area (Å²) in [6.07, 6.45) is 2.01. The van der Waals surface area contributed by atoms with Gasteiger partial charge in [0.25, 0.3) is 0 Å². The van der Waals surface area contributed by atoms with Crippen LogP contribution in [0.2, 0.25) is 10.0 Å². The minimum absolute atomic E-state index is 0.0920. The minimum Gasteiger partial charge on any atom is -0.477 e. The third-order valence-corrected chi connectivity index (χ3v) is 9.93. The van der Waals surface area contributed by atoms with E-state index in [1.807, 2.05) is 90.1 Å². The summed E-state index contributed by atoms with van der Waals surface area (Å²) >= 11 is 12.7. The highest BCUT2D eigenvalue weighted by molar-refractivity contribution is 6.30. The van der Waals surface area contributed by atoms with Gasteiger partial charge in [0, 0.05) is 34.7 Å². The standard InChI is InChI=1S/C35H43Cl2N5O4/c1-7-46-30-27(20-38-31(39-30)33(2,3)4)29-40-34(5,23-8-12-25(36)13-9-23)35(6,24-10-14-26(37)15-11-24)42(29)32(45)41-18-16-22(17-19-41)28(44)21-43/h8-15,20,22,28,43-44H,7,16-19,21H2,1-6H3. The third kappa shape index (κ3) is 6.10. The van der Waals surface area contributed by atoms with E-state index >= 15 is 0 Å². The van der Waals surface area contributed by atoms with Crippen LogP contribution >= 0.6 is 23.2 Å². The number of hydrogen-bond acceptors (Lipinski definition) is 7. The van der Waals surface area contributed by atoms with Crippen LogP contribution < -0.4 is 4.74 Å². The van der Waals surface area contributed by atoms with Gasteiger partial charge in [-0.2, -0.15) is 4.98 Å². The lowest BCUT2D eigenvalue weighted by Gasteiger charge is -2.47. The first-order chi connectivity index (χ1) is 21.7. The lowest BCUT2D eigenvalue weighted by Crippen LogP contribution is -2.59. The van der Waals surface area contributed by atoms with Crippen molar-refractivity contribution in [1.82, 2.24) is 19.8 Å². The van der Waals surface area contributed by atoms with E-state index in [1.165, 1.54) is 0 Å². The molecule has 0 saturated carbocycles. The van der Waals surface area contributed by atoms with Gasteiger partial charge in [-0.1, -0.05) is 68.2 Å². The lowest BCUT2D eigenvalue weighted by atomic mass is 9.71. The van der Waals surface area contributed by atoms with Gasteiger partial charge in [0.1, 0.15) is 22.7 Å². The summed E-state index contributed by atoms with van der Waals surface area (Å²) in [5.74, 6) is 1.26. The van der Waals surface area contributed by atoms with Crippen LogP contribution in [0.25, 0.3) is 0 Å². The fourth-order valence-corrected chi connectivity index (χ4v) is 6.71. The van der Waals surface area contributed by atoms with Crippen LogP contribution in [0.5, 0.6) is 5.88 Å². The number of likely N-dealkylation sites (tertiary alicyclic amines) is 1. The number of aromatic nitrogens is 2. The van der Waals surface area contributed by atoms with E-state index in [9.17, 15) is 15.0 Å². The molecule has 1 aromatic heterocycles. The Morgan fingerprint density at radius 2 is 1.59 bits per heavy atom. The van der Waals surface area contributed by atoms with Crippen molar-refractivity contribution in [3.8, 4) is 5.88 Å². The molecule has 3 aromatic rings. The quantitative estimate of drug-likeness (QED) is 0.295. The second kappa shape index (κ2) is 13.1. The van der Waals surface area contributed by atoms with Crippen LogP contribution in [0.4, 0.5) is 4.79 Å². The Hall–Kier alpha value is -3.24. The van der Waals surface area contributed by atoms with Crippen LogP contribution in [-0.2, 0) is 16.5 Å². The first-order valence-corrected chi connectivity index (χ1v) is 16.5. The number of halogens is 2. The second-order valence-electron chi connectivity index (χ2n) is 13.4. The van der Waals surface area contributed by atoms with Crippen molar-refractivity contribution in [3.63, 3.8) is 0 Å². The summed E-state index contributed by atoms with van der Waals surface area (Å²) in [7, 11) is 0. The van der Waals surface area contributed by atoms with Crippen LogP contribution in [0.1, 0.15) is 76.9 Å². The fraction of sp³-hybridized carbons (Fsp3) is 0.486. The van der Waals surface area contributed by atoms with Crippen molar-refractivity contribution in [2.24, 2.45) is 10.9 Å². The number of benzene rings is 2. The van der Waals surface area contributed by atoms with Crippen molar-refractivity contribution in [2.45, 2.75) is 77.0 Å². The number of carbonyl (C=O) groups is 1. The van der Waals surface area contributed by atoms with Gasteiger partial charge in [-0.3, -0.25) is 9.89 Å². The molecule has 9 nitrogen and oxygen atoms in total. The van der Waals surface area contributed by atoms with Gasteiger partial charge >= 0.3 is 6.03 Å². The Kier molecular flexibility index (Phi) is 9.72. The molecule has 0 bridgehead atoms. The summed E-state index contributed by atoms with van der Waals surface area (Å²) in [4.78, 5) is 33.5. The normalized spacial score (nSPS) is 23.0. The predicted octanol–water partition coefficient (Wildman–Crippen LogP) is 6.56. The zero-order valence-corrected chi connectivity index (χ0v) is 28.8. The number of amidine groups is 1. The number of carbonyl (C=O) groups excluding carboxylic acids is 1. The van der Waals surface area contributed by atoms with Gasteiger partial charge in [-0.15, -0.1) is 0 Å². The lowest BCUT2D eigenvalue weighted by molar-refractivity contribution is 0.0193. The Balaban J connectivity index is 1.74. The number of aliphatic hydroxyl groups excluding tert-OH is 2. The highest BCUT2D eigenvalue weighted by Gasteiger charge is 2.60. The first kappa shape index (κ1) is 34.1. The fourth-order valence-electron chi connectivity index (χ4n) is 6.46. The second-order valence-corrected chi connectivity index (χ2v) is 14.3. The van der Waals surface area contributed by atoms with E-state index in [0.717, 1.165) is 11.1 Å². The average Bonchev–Trinajstić information content (AvgIpc) is 3.28. The number of aliphatic hydroxyl groups is 2. The summed E-state index contributed by atoms with van der Waals surface area (Å²) < 4.78 is 6.12. The molecule has 3 heterocycles. The Labute approximate surface area is 281 Å². The Morgan fingerprint density at radius 3 is 2.11 bits per heavy atom. The van der Waals surface area contributed by atoms with Crippen molar-refractivity contribution in [1.29, 1.82) is 0 Å². The number of nitrogens with zero attached hydrogens (tertiary/aromatic N) is 5. The van der Waals surface area contributed by atoms with Crippen molar-refractivity contribution in [2.75, 3.05) is 26.3 Å². The molecule has 2 aromatic carbocycles. The Morgan fingerprint density at radius 1 is 1.02 bits per heavy atom. The van der Waals surface area contributed by atoms with Gasteiger partial charge in [0.2, 0.25) is 5.88 Å². The number of hydrogen-bond donors (Lipinski definition) is 2. The minimum atomic E-state index is -1.06. The molecule has 3 atom stereocenters. The van der Waals surface area contributed by atoms with Crippen molar-refractivity contribution < 1.29 is 19.7 Å². The number of piperidine rings is 1. The first-order valence-electron chi connectivity index (χ1n) is 15.7. The molecule has 0 radical (unpaired) electrons. The predicted molar refractivity (Wildman–Crippen MR) is 181 cm³/mol. The van der Waals surface area contributed by atoms with Gasteiger partial charge in [0.05, 0.1) is 24.9 Å². The number of amides is 2. The number of aliphatic imine (C=N–C) groups is 1. The van der Waals surface area contributed by atoms with E-state index in [0.29, 0.717) is 65.7 Å². The zero-order chi connectivity index (χ0) is 33.4. The van der Waals surface area contributed by atoms with Gasteiger partial charge in [-0.05, 0) is 74.9 Å². The molecule has 46 heavy (non-hydrogen) atoms. The number of ether oxygens (including phenoxy) is 1. The maximum Gasteiger partial charge on any atom is 0.326 e. The van der Waals surface area contributed by atoms with Crippen LogP contribution in [0.3, 0.4) is 0 Å². The molecule has 0 spiro atoms. The third-order valence-electron chi connectivity index (χ3n) is 9.43. The molecule has 3 unspecified atom stereocenters. The molecule has 11 heteroatoms. The molecule has 2 aliphatic heterocycles. The summed E-state index contributed by atoms with van der Waals surface area (Å²) in [6.45, 7) is 12.9. The van der Waals surface area contributed by atoms with Crippen LogP contribution in [0, 0.1) is 5.92 Å². The van der Waals surface area contributed by atoms with Gasteiger partial charge in [-0.25, -0.2) is 9.78 Å². The van der Waals surface area contributed by atoms with Crippen molar-refractivity contribution >= 4 is 35.1 Å². The Bertz CT molecular complexity index is 1590. The van der Waals surface area contributed by atoms with Gasteiger partial charge < -0.3 is 19.8 Å². The number of rotatable bonds is 7. The highest BCUT2D eigenvalue weighted by Crippen LogP contribution is 2.54. The summed E-state index contributed by atoms with van der Waals surface area (Å²) in [5.41, 5.74) is -0.211. The molecule has 246 valence electrons. The molecule has 1 saturated heterocycles. The van der Waals surface area contributed by atoms with E-state index in [1.54, 1.807) is 16.0 Å². The molecule has 2 aliphatic rings. The molecule has 1 fully saturated rings. The summed E-state index contributed by atoms with van der Waals surface area (Å²) in [5, 5.41) is 21.0. The number of urea groups is 1. The van der Waals surface area contributed by atoms with E-state index < -0.39 is 17.2 Å². The van der Waals surface area contributed by atoms with Gasteiger partial charge in [0.15, 0.2) is 0 Å². The van der Waals surface area contributed by atoms with Crippen LogP contribution in [0.15, 0.2) is 59.7 Å². The zero-order valence-electron chi connectivity index (χ0n) is 27.3. The van der Waals surface area contributed by atoms with Crippen LogP contribution in [-0.4, -0.2) is 74.3 Å². The monoisotopic (exact) mass is 667 g/mol.